The fourth-order valence-electron chi connectivity index (χ4n) is 2.03. The van der Waals surface area contributed by atoms with Crippen LogP contribution in [0.25, 0.3) is 0 Å². The van der Waals surface area contributed by atoms with Crippen LogP contribution in [0, 0.1) is 0 Å². The topological polar surface area (TPSA) is 16.1 Å². The molecule has 1 aliphatic rings. The van der Waals surface area contributed by atoms with Gasteiger partial charge in [0.05, 0.1) is 0 Å². The predicted molar refractivity (Wildman–Crippen MR) is 64.2 cm³/mol. The standard InChI is InChI=1S/C13H18N2/c1-2-7-12-8-6-9-13(14-12)15-10-4-3-5-11-15/h2,6,8-9H,1,3-5,7,10-11H2. The van der Waals surface area contributed by atoms with Gasteiger partial charge in [-0.1, -0.05) is 12.1 Å². The van der Waals surface area contributed by atoms with Gasteiger partial charge < -0.3 is 4.90 Å². The predicted octanol–water partition coefficient (Wildman–Crippen LogP) is 2.80. The number of anilines is 1. The van der Waals surface area contributed by atoms with E-state index in [0.29, 0.717) is 0 Å². The second-order valence-corrected chi connectivity index (χ2v) is 4.03. The zero-order valence-electron chi connectivity index (χ0n) is 9.15. The van der Waals surface area contributed by atoms with Crippen molar-refractivity contribution in [2.75, 3.05) is 18.0 Å². The summed E-state index contributed by atoms with van der Waals surface area (Å²) in [6.45, 7) is 6.06. The SMILES string of the molecule is C=CCc1cccc(N2CCCCC2)n1. The van der Waals surface area contributed by atoms with Gasteiger partial charge in [0.2, 0.25) is 0 Å². The highest BCUT2D eigenvalue weighted by Gasteiger charge is 2.11. The number of aromatic nitrogens is 1. The van der Waals surface area contributed by atoms with Crippen molar-refractivity contribution in [2.45, 2.75) is 25.7 Å². The molecule has 0 spiro atoms. The fraction of sp³-hybridized carbons (Fsp3) is 0.462. The highest BCUT2D eigenvalue weighted by atomic mass is 15.2. The molecule has 80 valence electrons. The Hall–Kier alpha value is -1.31. The lowest BCUT2D eigenvalue weighted by Crippen LogP contribution is -2.30. The average molecular weight is 202 g/mol. The molecule has 15 heavy (non-hydrogen) atoms. The van der Waals surface area contributed by atoms with Gasteiger partial charge in [0.25, 0.3) is 0 Å². The molecular weight excluding hydrogens is 184 g/mol. The van der Waals surface area contributed by atoms with Crippen molar-refractivity contribution in [1.82, 2.24) is 4.98 Å². The maximum absolute atomic E-state index is 4.64. The Bertz CT molecular complexity index is 327. The molecule has 0 aliphatic carbocycles. The van der Waals surface area contributed by atoms with E-state index in [-0.39, 0.29) is 0 Å². The van der Waals surface area contributed by atoms with Gasteiger partial charge >= 0.3 is 0 Å². The van der Waals surface area contributed by atoms with Crippen LogP contribution in [-0.2, 0) is 6.42 Å². The van der Waals surface area contributed by atoms with Crippen LogP contribution in [0.5, 0.6) is 0 Å². The number of rotatable bonds is 3. The molecule has 2 nitrogen and oxygen atoms in total. The first-order valence-electron chi connectivity index (χ1n) is 5.72. The summed E-state index contributed by atoms with van der Waals surface area (Å²) in [6.07, 6.45) is 6.73. The van der Waals surface area contributed by atoms with Crippen LogP contribution in [0.3, 0.4) is 0 Å². The van der Waals surface area contributed by atoms with E-state index in [2.05, 4.69) is 34.7 Å². The van der Waals surface area contributed by atoms with Crippen molar-refractivity contribution in [2.24, 2.45) is 0 Å². The van der Waals surface area contributed by atoms with Gasteiger partial charge in [-0.15, -0.1) is 6.58 Å². The minimum atomic E-state index is 0.863. The third-order valence-corrected chi connectivity index (χ3v) is 2.83. The van der Waals surface area contributed by atoms with Crippen molar-refractivity contribution in [3.8, 4) is 0 Å². The lowest BCUT2D eigenvalue weighted by molar-refractivity contribution is 0.573. The van der Waals surface area contributed by atoms with E-state index >= 15 is 0 Å². The Morgan fingerprint density at radius 1 is 1.27 bits per heavy atom. The van der Waals surface area contributed by atoms with E-state index in [1.807, 2.05) is 6.08 Å². The maximum atomic E-state index is 4.64. The number of hydrogen-bond acceptors (Lipinski definition) is 2. The lowest BCUT2D eigenvalue weighted by atomic mass is 10.1. The summed E-state index contributed by atoms with van der Waals surface area (Å²) >= 11 is 0. The molecule has 2 heteroatoms. The highest BCUT2D eigenvalue weighted by Crippen LogP contribution is 2.17. The van der Waals surface area contributed by atoms with Gasteiger partial charge in [0.1, 0.15) is 5.82 Å². The van der Waals surface area contributed by atoms with Crippen molar-refractivity contribution < 1.29 is 0 Å². The van der Waals surface area contributed by atoms with E-state index in [0.717, 1.165) is 31.0 Å². The minimum Gasteiger partial charge on any atom is -0.357 e. The molecule has 1 saturated heterocycles. The van der Waals surface area contributed by atoms with Crippen LogP contribution in [0.15, 0.2) is 30.9 Å². The van der Waals surface area contributed by atoms with E-state index in [1.165, 1.54) is 19.3 Å². The highest BCUT2D eigenvalue weighted by molar-refractivity contribution is 5.39. The van der Waals surface area contributed by atoms with E-state index < -0.39 is 0 Å². The molecule has 0 bridgehead atoms. The Balaban J connectivity index is 2.12. The number of allylic oxidation sites excluding steroid dienone is 1. The van der Waals surface area contributed by atoms with Crippen molar-refractivity contribution in [3.63, 3.8) is 0 Å². The summed E-state index contributed by atoms with van der Waals surface area (Å²) in [5, 5.41) is 0. The monoisotopic (exact) mass is 202 g/mol. The molecule has 1 fully saturated rings. The lowest BCUT2D eigenvalue weighted by Gasteiger charge is -2.27. The Morgan fingerprint density at radius 2 is 2.07 bits per heavy atom. The Labute approximate surface area is 91.6 Å². The van der Waals surface area contributed by atoms with Gasteiger partial charge in [0.15, 0.2) is 0 Å². The third-order valence-electron chi connectivity index (χ3n) is 2.83. The van der Waals surface area contributed by atoms with Crippen molar-refractivity contribution >= 4 is 5.82 Å². The van der Waals surface area contributed by atoms with Gasteiger partial charge in [0, 0.05) is 25.2 Å². The molecule has 1 aliphatic heterocycles. The molecule has 0 radical (unpaired) electrons. The first-order valence-corrected chi connectivity index (χ1v) is 5.72. The van der Waals surface area contributed by atoms with Crippen LogP contribution in [-0.4, -0.2) is 18.1 Å². The van der Waals surface area contributed by atoms with Crippen molar-refractivity contribution in [1.29, 1.82) is 0 Å². The van der Waals surface area contributed by atoms with Crippen molar-refractivity contribution in [3.05, 3.63) is 36.5 Å². The summed E-state index contributed by atoms with van der Waals surface area (Å²) in [5.74, 6) is 1.13. The molecule has 0 aromatic carbocycles. The number of nitrogens with zero attached hydrogens (tertiary/aromatic N) is 2. The molecule has 2 heterocycles. The quantitative estimate of drug-likeness (QED) is 0.701. The largest absolute Gasteiger partial charge is 0.357 e. The van der Waals surface area contributed by atoms with E-state index in [1.54, 1.807) is 0 Å². The third kappa shape index (κ3) is 2.58. The normalized spacial score (nSPS) is 16.4. The van der Waals surface area contributed by atoms with Crippen LogP contribution in [0.2, 0.25) is 0 Å². The van der Waals surface area contributed by atoms with Gasteiger partial charge in [-0.05, 0) is 31.4 Å². The summed E-state index contributed by atoms with van der Waals surface area (Å²) in [6, 6.07) is 6.27. The molecule has 0 N–H and O–H groups in total. The van der Waals surface area contributed by atoms with Crippen LogP contribution in [0.1, 0.15) is 25.0 Å². The summed E-state index contributed by atoms with van der Waals surface area (Å²) in [5.41, 5.74) is 1.12. The zero-order chi connectivity index (χ0) is 10.5. The van der Waals surface area contributed by atoms with E-state index in [4.69, 9.17) is 0 Å². The Kier molecular flexibility index (Phi) is 3.38. The first-order chi connectivity index (χ1) is 7.40. The molecule has 0 saturated carbocycles. The molecule has 0 unspecified atom stereocenters. The minimum absolute atomic E-state index is 0.863. The molecule has 1 aromatic rings. The van der Waals surface area contributed by atoms with Crippen LogP contribution >= 0.6 is 0 Å². The molecule has 1 aromatic heterocycles. The van der Waals surface area contributed by atoms with Gasteiger partial charge in [-0.2, -0.15) is 0 Å². The molecule has 2 rings (SSSR count). The maximum Gasteiger partial charge on any atom is 0.128 e. The smallest absolute Gasteiger partial charge is 0.128 e. The summed E-state index contributed by atoms with van der Waals surface area (Å²) in [4.78, 5) is 7.03. The second-order valence-electron chi connectivity index (χ2n) is 4.03. The van der Waals surface area contributed by atoms with Crippen LogP contribution in [0.4, 0.5) is 5.82 Å². The molecule has 0 atom stereocenters. The summed E-state index contributed by atoms with van der Waals surface area (Å²) in [7, 11) is 0. The zero-order valence-corrected chi connectivity index (χ0v) is 9.15. The number of hydrogen-bond donors (Lipinski definition) is 0. The molecule has 0 amide bonds. The van der Waals surface area contributed by atoms with E-state index in [9.17, 15) is 0 Å². The average Bonchev–Trinajstić information content (AvgIpc) is 2.31. The second kappa shape index (κ2) is 4.96. The first kappa shape index (κ1) is 10.2. The number of piperidine rings is 1. The Morgan fingerprint density at radius 3 is 2.80 bits per heavy atom. The van der Waals surface area contributed by atoms with Gasteiger partial charge in [-0.3, -0.25) is 0 Å². The van der Waals surface area contributed by atoms with Gasteiger partial charge in [-0.25, -0.2) is 4.98 Å². The fourth-order valence-corrected chi connectivity index (χ4v) is 2.03. The summed E-state index contributed by atoms with van der Waals surface area (Å²) < 4.78 is 0. The van der Waals surface area contributed by atoms with Crippen LogP contribution < -0.4 is 4.90 Å². The molecular formula is C13H18N2. The number of pyridine rings is 1.